The topological polar surface area (TPSA) is 77.3 Å². The molecule has 0 aliphatic heterocycles. The number of anilines is 1. The first-order valence-corrected chi connectivity index (χ1v) is 7.06. The number of ether oxygens (including phenoxy) is 1. The number of aromatic nitrogens is 1. The Bertz CT molecular complexity index is 660. The fourth-order valence-corrected chi connectivity index (χ4v) is 2.58. The third-order valence-electron chi connectivity index (χ3n) is 2.84. The Morgan fingerprint density at radius 2 is 2.29 bits per heavy atom. The van der Waals surface area contributed by atoms with Crippen LogP contribution in [0.15, 0.2) is 18.3 Å². The van der Waals surface area contributed by atoms with Crippen LogP contribution in [0.25, 0.3) is 0 Å². The van der Waals surface area contributed by atoms with E-state index in [1.54, 1.807) is 6.20 Å². The van der Waals surface area contributed by atoms with E-state index in [0.717, 1.165) is 22.4 Å². The molecule has 112 valence electrons. The number of thiazole rings is 1. The summed E-state index contributed by atoms with van der Waals surface area (Å²) in [7, 11) is 1.37. The molecule has 0 unspecified atom stereocenters. The van der Waals surface area contributed by atoms with Gasteiger partial charge in [-0.05, 0) is 6.42 Å². The molecule has 1 N–H and O–H groups in total. The fraction of sp³-hybridized carbons (Fsp3) is 0.308. The first-order chi connectivity index (χ1) is 10.0. The Kier molecular flexibility index (Phi) is 4.69. The van der Waals surface area contributed by atoms with Crippen molar-refractivity contribution in [2.45, 2.75) is 19.9 Å². The average molecular weight is 311 g/mol. The van der Waals surface area contributed by atoms with Gasteiger partial charge in [-0.1, -0.05) is 6.92 Å². The van der Waals surface area contributed by atoms with Crippen LogP contribution in [0.3, 0.4) is 0 Å². The summed E-state index contributed by atoms with van der Waals surface area (Å²) < 4.78 is 18.7. The van der Waals surface area contributed by atoms with Crippen LogP contribution >= 0.6 is 11.3 Å². The van der Waals surface area contributed by atoms with E-state index < -0.39 is 16.4 Å². The minimum Gasteiger partial charge on any atom is -0.497 e. The van der Waals surface area contributed by atoms with Crippen LogP contribution in [0.5, 0.6) is 5.75 Å². The SMILES string of the molecule is CCc1cnc(CNc2cc(OC)cc(F)c2[N+](=O)[O-])s1. The maximum absolute atomic E-state index is 13.8. The Morgan fingerprint density at radius 3 is 2.86 bits per heavy atom. The summed E-state index contributed by atoms with van der Waals surface area (Å²) in [5, 5.41) is 14.6. The van der Waals surface area contributed by atoms with Crippen molar-refractivity contribution in [1.82, 2.24) is 4.98 Å². The highest BCUT2D eigenvalue weighted by atomic mass is 32.1. The predicted molar refractivity (Wildman–Crippen MR) is 78.4 cm³/mol. The van der Waals surface area contributed by atoms with Gasteiger partial charge in [0.2, 0.25) is 5.82 Å². The summed E-state index contributed by atoms with van der Waals surface area (Å²) in [4.78, 5) is 15.5. The zero-order chi connectivity index (χ0) is 15.4. The molecule has 0 radical (unpaired) electrons. The minimum absolute atomic E-state index is 0.0742. The van der Waals surface area contributed by atoms with Gasteiger partial charge >= 0.3 is 5.69 Å². The number of rotatable bonds is 6. The van der Waals surface area contributed by atoms with Crippen LogP contribution < -0.4 is 10.1 Å². The molecule has 0 saturated carbocycles. The molecule has 1 aromatic carbocycles. The number of nitrogens with one attached hydrogen (secondary N) is 1. The van der Waals surface area contributed by atoms with Gasteiger partial charge in [0.25, 0.3) is 0 Å². The highest BCUT2D eigenvalue weighted by Gasteiger charge is 2.22. The number of hydrogen-bond donors (Lipinski definition) is 1. The normalized spacial score (nSPS) is 10.4. The van der Waals surface area contributed by atoms with Crippen molar-refractivity contribution in [3.05, 3.63) is 44.1 Å². The predicted octanol–water partition coefficient (Wildman–Crippen LogP) is 3.37. The number of aryl methyl sites for hydroxylation is 1. The number of methoxy groups -OCH3 is 1. The molecule has 6 nitrogen and oxygen atoms in total. The summed E-state index contributed by atoms with van der Waals surface area (Å²) >= 11 is 1.51. The molecule has 0 aliphatic rings. The second-order valence-corrected chi connectivity index (χ2v) is 5.39. The molecule has 1 heterocycles. The maximum atomic E-state index is 13.8. The molecule has 0 fully saturated rings. The van der Waals surface area contributed by atoms with Crippen LogP contribution in [-0.4, -0.2) is 17.0 Å². The van der Waals surface area contributed by atoms with Gasteiger partial charge in [-0.3, -0.25) is 10.1 Å². The summed E-state index contributed by atoms with van der Waals surface area (Å²) in [5.74, 6) is -0.718. The Hall–Kier alpha value is -2.22. The molecule has 2 aromatic rings. The number of benzene rings is 1. The van der Waals surface area contributed by atoms with Gasteiger partial charge in [0.15, 0.2) is 0 Å². The van der Waals surface area contributed by atoms with E-state index in [9.17, 15) is 14.5 Å². The molecule has 0 aliphatic carbocycles. The van der Waals surface area contributed by atoms with E-state index in [4.69, 9.17) is 4.74 Å². The van der Waals surface area contributed by atoms with Crippen LogP contribution in [0.4, 0.5) is 15.8 Å². The van der Waals surface area contributed by atoms with Gasteiger partial charge in [0.1, 0.15) is 16.4 Å². The highest BCUT2D eigenvalue weighted by Crippen LogP contribution is 2.32. The number of hydrogen-bond acceptors (Lipinski definition) is 6. The largest absolute Gasteiger partial charge is 0.497 e. The molecular weight excluding hydrogens is 297 g/mol. The molecule has 8 heteroatoms. The highest BCUT2D eigenvalue weighted by molar-refractivity contribution is 7.11. The molecule has 0 bridgehead atoms. The average Bonchev–Trinajstić information content (AvgIpc) is 2.91. The van der Waals surface area contributed by atoms with Gasteiger partial charge < -0.3 is 10.1 Å². The molecule has 1 aromatic heterocycles. The number of halogens is 1. The van der Waals surface area contributed by atoms with E-state index in [1.165, 1.54) is 24.5 Å². The third-order valence-corrected chi connectivity index (χ3v) is 3.98. The Morgan fingerprint density at radius 1 is 1.52 bits per heavy atom. The second-order valence-electron chi connectivity index (χ2n) is 4.19. The molecule has 0 saturated heterocycles. The van der Waals surface area contributed by atoms with Crippen LogP contribution in [0, 0.1) is 15.9 Å². The smallest absolute Gasteiger partial charge is 0.327 e. The van der Waals surface area contributed by atoms with Gasteiger partial charge in [0.05, 0.1) is 18.6 Å². The Balaban J connectivity index is 2.25. The zero-order valence-corrected chi connectivity index (χ0v) is 12.4. The lowest BCUT2D eigenvalue weighted by molar-refractivity contribution is -0.386. The van der Waals surface area contributed by atoms with Crippen molar-refractivity contribution in [3.63, 3.8) is 0 Å². The number of nitro groups is 1. The van der Waals surface area contributed by atoms with E-state index in [2.05, 4.69) is 10.3 Å². The maximum Gasteiger partial charge on any atom is 0.327 e. The molecule has 0 spiro atoms. The van der Waals surface area contributed by atoms with Crippen molar-refractivity contribution in [1.29, 1.82) is 0 Å². The van der Waals surface area contributed by atoms with Crippen molar-refractivity contribution in [3.8, 4) is 5.75 Å². The molecule has 21 heavy (non-hydrogen) atoms. The Labute approximate surface area is 124 Å². The quantitative estimate of drug-likeness (QED) is 0.653. The summed E-state index contributed by atoms with van der Waals surface area (Å²) in [5.41, 5.74) is -0.520. The van der Waals surface area contributed by atoms with E-state index >= 15 is 0 Å². The standard InChI is InChI=1S/C13H14FN3O3S/c1-3-9-6-16-12(21-9)7-15-11-5-8(20-2)4-10(14)13(11)17(18)19/h4-6,15H,3,7H2,1-2H3. The lowest BCUT2D eigenvalue weighted by atomic mass is 10.2. The minimum atomic E-state index is -0.935. The van der Waals surface area contributed by atoms with Crippen LogP contribution in [0.2, 0.25) is 0 Å². The van der Waals surface area contributed by atoms with Gasteiger partial charge in [-0.2, -0.15) is 4.39 Å². The lowest BCUT2D eigenvalue weighted by Crippen LogP contribution is -2.04. The van der Waals surface area contributed by atoms with Gasteiger partial charge in [-0.25, -0.2) is 4.98 Å². The van der Waals surface area contributed by atoms with Crippen LogP contribution in [-0.2, 0) is 13.0 Å². The van der Waals surface area contributed by atoms with Crippen molar-refractivity contribution >= 4 is 22.7 Å². The summed E-state index contributed by atoms with van der Waals surface area (Å²) in [6.45, 7) is 2.31. The molecule has 2 rings (SSSR count). The van der Waals surface area contributed by atoms with E-state index in [1.807, 2.05) is 6.92 Å². The summed E-state index contributed by atoms with van der Waals surface area (Å²) in [6, 6.07) is 2.39. The molecule has 0 atom stereocenters. The van der Waals surface area contributed by atoms with E-state index in [-0.39, 0.29) is 18.0 Å². The lowest BCUT2D eigenvalue weighted by Gasteiger charge is -2.08. The first kappa shape index (κ1) is 15.2. The second kappa shape index (κ2) is 6.49. The number of nitrogens with zero attached hydrogens (tertiary/aromatic N) is 2. The monoisotopic (exact) mass is 311 g/mol. The summed E-state index contributed by atoms with van der Waals surface area (Å²) in [6.07, 6.45) is 2.65. The van der Waals surface area contributed by atoms with Crippen molar-refractivity contribution in [2.75, 3.05) is 12.4 Å². The van der Waals surface area contributed by atoms with Gasteiger partial charge in [0, 0.05) is 23.2 Å². The third kappa shape index (κ3) is 3.46. The fourth-order valence-electron chi connectivity index (χ4n) is 1.78. The first-order valence-electron chi connectivity index (χ1n) is 6.24. The van der Waals surface area contributed by atoms with Crippen molar-refractivity contribution < 1.29 is 14.1 Å². The van der Waals surface area contributed by atoms with Crippen LogP contribution in [0.1, 0.15) is 16.8 Å². The molecular formula is C13H14FN3O3S. The number of nitro benzene ring substituents is 1. The van der Waals surface area contributed by atoms with E-state index in [0.29, 0.717) is 0 Å². The zero-order valence-electron chi connectivity index (χ0n) is 11.6. The van der Waals surface area contributed by atoms with Gasteiger partial charge in [-0.15, -0.1) is 11.3 Å². The van der Waals surface area contributed by atoms with Crippen molar-refractivity contribution in [2.24, 2.45) is 0 Å². The molecule has 0 amide bonds.